The third-order valence-corrected chi connectivity index (χ3v) is 4.46. The minimum absolute atomic E-state index is 0.0153. The number of carbonyl (C=O) groups is 1. The Kier molecular flexibility index (Phi) is 4.83. The summed E-state index contributed by atoms with van der Waals surface area (Å²) in [4.78, 5) is 32.1. The highest BCUT2D eigenvalue weighted by atomic mass is 32.1. The Bertz CT molecular complexity index is 856. The molecule has 0 saturated carbocycles. The molecule has 6 heteroatoms. The number of fused-ring (bicyclic) bond motifs is 1. The van der Waals surface area contributed by atoms with Crippen LogP contribution in [0.4, 0.5) is 0 Å². The predicted molar refractivity (Wildman–Crippen MR) is 91.7 cm³/mol. The highest BCUT2D eigenvalue weighted by Gasteiger charge is 2.05. The van der Waals surface area contributed by atoms with Gasteiger partial charge in [-0.25, -0.2) is 4.98 Å². The lowest BCUT2D eigenvalue weighted by molar-refractivity contribution is -0.121. The number of para-hydroxylation sites is 1. The number of hydrogen-bond acceptors (Lipinski definition) is 4. The van der Waals surface area contributed by atoms with Crippen LogP contribution in [0.2, 0.25) is 0 Å². The Hall–Kier alpha value is -2.47. The number of hydrogen-bond donors (Lipinski definition) is 2. The summed E-state index contributed by atoms with van der Waals surface area (Å²) in [5.41, 5.74) is 0.532. The van der Waals surface area contributed by atoms with Gasteiger partial charge in [-0.1, -0.05) is 18.2 Å². The number of aromatic amines is 1. The number of nitrogens with one attached hydrogen (secondary N) is 2. The van der Waals surface area contributed by atoms with Gasteiger partial charge in [-0.05, 0) is 30.0 Å². The van der Waals surface area contributed by atoms with E-state index in [1.165, 1.54) is 4.88 Å². The van der Waals surface area contributed by atoms with Gasteiger partial charge in [0.05, 0.1) is 10.9 Å². The molecule has 0 bridgehead atoms. The molecule has 2 aromatic heterocycles. The molecule has 5 nitrogen and oxygen atoms in total. The number of carbonyl (C=O) groups excluding carboxylic acids is 1. The molecule has 1 amide bonds. The van der Waals surface area contributed by atoms with Gasteiger partial charge in [0.2, 0.25) is 5.91 Å². The first kappa shape index (κ1) is 15.4. The van der Waals surface area contributed by atoms with E-state index in [4.69, 9.17) is 0 Å². The van der Waals surface area contributed by atoms with Crippen molar-refractivity contribution in [3.63, 3.8) is 0 Å². The second-order valence-corrected chi connectivity index (χ2v) is 6.24. The third kappa shape index (κ3) is 4.04. The van der Waals surface area contributed by atoms with Crippen molar-refractivity contribution in [2.45, 2.75) is 19.3 Å². The number of aromatic nitrogens is 2. The van der Waals surface area contributed by atoms with E-state index < -0.39 is 0 Å². The van der Waals surface area contributed by atoms with E-state index in [0.29, 0.717) is 36.1 Å². The average Bonchev–Trinajstić information content (AvgIpc) is 3.06. The SMILES string of the molecule is O=C(CCc1cccs1)NCCc1nc2ccccc2c(=O)[nH]1. The molecule has 0 aliphatic heterocycles. The van der Waals surface area contributed by atoms with Gasteiger partial charge in [0.15, 0.2) is 0 Å². The fourth-order valence-electron chi connectivity index (χ4n) is 2.35. The number of rotatable bonds is 6. The predicted octanol–water partition coefficient (Wildman–Crippen LogP) is 2.28. The summed E-state index contributed by atoms with van der Waals surface area (Å²) in [6.45, 7) is 0.463. The minimum Gasteiger partial charge on any atom is -0.356 e. The Morgan fingerprint density at radius 1 is 1.17 bits per heavy atom. The van der Waals surface area contributed by atoms with Crippen LogP contribution in [-0.4, -0.2) is 22.4 Å². The number of H-pyrrole nitrogens is 1. The average molecular weight is 327 g/mol. The number of nitrogens with zero attached hydrogens (tertiary/aromatic N) is 1. The number of thiophene rings is 1. The monoisotopic (exact) mass is 327 g/mol. The van der Waals surface area contributed by atoms with Crippen molar-refractivity contribution in [2.24, 2.45) is 0 Å². The van der Waals surface area contributed by atoms with Crippen LogP contribution in [0.1, 0.15) is 17.1 Å². The van der Waals surface area contributed by atoms with Crippen molar-refractivity contribution in [1.82, 2.24) is 15.3 Å². The van der Waals surface area contributed by atoms with Gasteiger partial charge < -0.3 is 10.3 Å². The maximum atomic E-state index is 11.9. The number of amides is 1. The van der Waals surface area contributed by atoms with Crippen molar-refractivity contribution in [1.29, 1.82) is 0 Å². The van der Waals surface area contributed by atoms with Crippen molar-refractivity contribution in [3.8, 4) is 0 Å². The molecule has 118 valence electrons. The molecule has 1 aromatic carbocycles. The summed E-state index contributed by atoms with van der Waals surface area (Å²) in [5, 5.41) is 5.45. The quantitative estimate of drug-likeness (QED) is 0.729. The lowest BCUT2D eigenvalue weighted by Crippen LogP contribution is -2.27. The van der Waals surface area contributed by atoms with Crippen LogP contribution in [0.15, 0.2) is 46.6 Å². The summed E-state index contributed by atoms with van der Waals surface area (Å²) >= 11 is 1.66. The minimum atomic E-state index is -0.144. The highest BCUT2D eigenvalue weighted by molar-refractivity contribution is 7.09. The summed E-state index contributed by atoms with van der Waals surface area (Å²) in [7, 11) is 0. The van der Waals surface area contributed by atoms with Crippen LogP contribution in [0, 0.1) is 0 Å². The fraction of sp³-hybridized carbons (Fsp3) is 0.235. The number of benzene rings is 1. The van der Waals surface area contributed by atoms with E-state index in [0.717, 1.165) is 6.42 Å². The van der Waals surface area contributed by atoms with E-state index in [2.05, 4.69) is 15.3 Å². The lowest BCUT2D eigenvalue weighted by atomic mass is 10.2. The first-order valence-corrected chi connectivity index (χ1v) is 8.37. The fourth-order valence-corrected chi connectivity index (χ4v) is 3.06. The van der Waals surface area contributed by atoms with E-state index in [-0.39, 0.29) is 11.5 Å². The van der Waals surface area contributed by atoms with Crippen LogP contribution >= 0.6 is 11.3 Å². The molecule has 0 radical (unpaired) electrons. The van der Waals surface area contributed by atoms with E-state index in [9.17, 15) is 9.59 Å². The molecule has 2 N–H and O–H groups in total. The molecule has 3 aromatic rings. The van der Waals surface area contributed by atoms with Crippen LogP contribution in [0.5, 0.6) is 0 Å². The van der Waals surface area contributed by atoms with Gasteiger partial charge in [0.1, 0.15) is 5.82 Å². The maximum Gasteiger partial charge on any atom is 0.258 e. The Morgan fingerprint density at radius 2 is 2.04 bits per heavy atom. The van der Waals surface area contributed by atoms with Gasteiger partial charge in [-0.3, -0.25) is 9.59 Å². The first-order chi connectivity index (χ1) is 11.2. The second-order valence-electron chi connectivity index (χ2n) is 5.21. The summed E-state index contributed by atoms with van der Waals surface area (Å²) < 4.78 is 0. The Morgan fingerprint density at radius 3 is 2.87 bits per heavy atom. The molecule has 3 rings (SSSR count). The van der Waals surface area contributed by atoms with Crippen molar-refractivity contribution >= 4 is 28.1 Å². The van der Waals surface area contributed by atoms with E-state index in [1.54, 1.807) is 17.4 Å². The van der Waals surface area contributed by atoms with Crippen molar-refractivity contribution < 1.29 is 4.79 Å². The lowest BCUT2D eigenvalue weighted by Gasteiger charge is -2.05. The molecule has 2 heterocycles. The molecule has 0 unspecified atom stereocenters. The molecule has 0 spiro atoms. The summed E-state index contributed by atoms with van der Waals surface area (Å²) in [5.74, 6) is 0.605. The van der Waals surface area contributed by atoms with Gasteiger partial charge in [0.25, 0.3) is 5.56 Å². The molecule has 0 aliphatic carbocycles. The van der Waals surface area contributed by atoms with Crippen molar-refractivity contribution in [3.05, 3.63) is 62.8 Å². The molecule has 0 saturated heterocycles. The second kappa shape index (κ2) is 7.19. The zero-order valence-corrected chi connectivity index (χ0v) is 13.4. The third-order valence-electron chi connectivity index (χ3n) is 3.52. The molecular weight excluding hydrogens is 310 g/mol. The zero-order valence-electron chi connectivity index (χ0n) is 12.5. The smallest absolute Gasteiger partial charge is 0.258 e. The standard InChI is InChI=1S/C17H17N3O2S/c21-16(8-7-12-4-3-11-23-12)18-10-9-15-19-14-6-2-1-5-13(14)17(22)20-15/h1-6,11H,7-10H2,(H,18,21)(H,19,20,22). The van der Waals surface area contributed by atoms with Crippen LogP contribution in [0.3, 0.4) is 0 Å². The number of aryl methyl sites for hydroxylation is 1. The molecule has 23 heavy (non-hydrogen) atoms. The summed E-state index contributed by atoms with van der Waals surface area (Å²) in [6.07, 6.45) is 1.74. The first-order valence-electron chi connectivity index (χ1n) is 7.49. The van der Waals surface area contributed by atoms with Gasteiger partial charge in [-0.2, -0.15) is 0 Å². The topological polar surface area (TPSA) is 74.8 Å². The normalized spacial score (nSPS) is 10.8. The van der Waals surface area contributed by atoms with Crippen LogP contribution in [-0.2, 0) is 17.6 Å². The molecular formula is C17H17N3O2S. The van der Waals surface area contributed by atoms with Gasteiger partial charge >= 0.3 is 0 Å². The summed E-state index contributed by atoms with van der Waals surface area (Å²) in [6, 6.07) is 11.2. The van der Waals surface area contributed by atoms with Crippen LogP contribution < -0.4 is 10.9 Å². The van der Waals surface area contributed by atoms with Crippen LogP contribution in [0.25, 0.3) is 10.9 Å². The van der Waals surface area contributed by atoms with E-state index >= 15 is 0 Å². The Labute approximate surface area is 137 Å². The van der Waals surface area contributed by atoms with Crippen molar-refractivity contribution in [2.75, 3.05) is 6.54 Å². The van der Waals surface area contributed by atoms with E-state index in [1.807, 2.05) is 35.7 Å². The molecule has 0 aliphatic rings. The molecule has 0 fully saturated rings. The Balaban J connectivity index is 1.52. The molecule has 0 atom stereocenters. The largest absolute Gasteiger partial charge is 0.356 e. The zero-order chi connectivity index (χ0) is 16.1. The van der Waals surface area contributed by atoms with Gasteiger partial charge in [0, 0.05) is 24.3 Å². The maximum absolute atomic E-state index is 11.9. The van der Waals surface area contributed by atoms with Gasteiger partial charge in [-0.15, -0.1) is 11.3 Å². The highest BCUT2D eigenvalue weighted by Crippen LogP contribution is 2.10.